The monoisotopic (exact) mass is 391 g/mol. The second-order valence-corrected chi connectivity index (χ2v) is 6.17. The van der Waals surface area contributed by atoms with Gasteiger partial charge in [-0.2, -0.15) is 0 Å². The van der Waals surface area contributed by atoms with E-state index in [9.17, 15) is 9.59 Å². The van der Waals surface area contributed by atoms with Gasteiger partial charge in [-0.15, -0.1) is 0 Å². The molecule has 8 heteroatoms. The van der Waals surface area contributed by atoms with Gasteiger partial charge in [0.25, 0.3) is 5.91 Å². The quantitative estimate of drug-likeness (QED) is 0.572. The third-order valence-electron chi connectivity index (χ3n) is 4.01. The number of nitrogens with zero attached hydrogens (tertiary/aromatic N) is 2. The normalized spacial score (nSPS) is 10.1. The molecule has 0 aliphatic carbocycles. The van der Waals surface area contributed by atoms with E-state index in [1.807, 2.05) is 24.3 Å². The first-order valence-electron chi connectivity index (χ1n) is 8.92. The van der Waals surface area contributed by atoms with Gasteiger partial charge in [-0.05, 0) is 30.3 Å². The predicted octanol–water partition coefficient (Wildman–Crippen LogP) is 3.12. The highest BCUT2D eigenvalue weighted by atomic mass is 16.5. The molecule has 0 aliphatic heterocycles. The van der Waals surface area contributed by atoms with Crippen LogP contribution in [0.5, 0.6) is 5.75 Å². The Hall–Kier alpha value is -3.94. The van der Waals surface area contributed by atoms with E-state index in [-0.39, 0.29) is 17.5 Å². The largest absolute Gasteiger partial charge is 0.496 e. The van der Waals surface area contributed by atoms with Crippen molar-refractivity contribution in [2.75, 3.05) is 17.7 Å². The molecule has 3 aromatic rings. The van der Waals surface area contributed by atoms with Gasteiger partial charge in [0.05, 0.1) is 7.11 Å². The molecule has 0 atom stereocenters. The van der Waals surface area contributed by atoms with Gasteiger partial charge in [0, 0.05) is 36.5 Å². The molecule has 0 bridgehead atoms. The Bertz CT molecular complexity index is 1010. The topological polar surface area (TPSA) is 105 Å². The van der Waals surface area contributed by atoms with Crippen LogP contribution in [0, 0.1) is 0 Å². The van der Waals surface area contributed by atoms with E-state index in [2.05, 4.69) is 25.9 Å². The zero-order chi connectivity index (χ0) is 20.6. The Labute approximate surface area is 168 Å². The van der Waals surface area contributed by atoms with E-state index in [0.717, 1.165) is 11.3 Å². The van der Waals surface area contributed by atoms with E-state index < -0.39 is 0 Å². The molecule has 2 amide bonds. The number of aromatic nitrogens is 2. The van der Waals surface area contributed by atoms with Crippen LogP contribution in [0.15, 0.2) is 60.9 Å². The molecule has 8 nitrogen and oxygen atoms in total. The fourth-order valence-electron chi connectivity index (χ4n) is 2.65. The number of hydrogen-bond acceptors (Lipinski definition) is 6. The van der Waals surface area contributed by atoms with E-state index in [0.29, 0.717) is 23.8 Å². The molecule has 29 heavy (non-hydrogen) atoms. The van der Waals surface area contributed by atoms with E-state index in [4.69, 9.17) is 4.74 Å². The second kappa shape index (κ2) is 9.32. The number of benzene rings is 2. The number of amides is 2. The van der Waals surface area contributed by atoms with Crippen LogP contribution in [-0.2, 0) is 11.3 Å². The van der Waals surface area contributed by atoms with Crippen LogP contribution in [0.2, 0.25) is 0 Å². The lowest BCUT2D eigenvalue weighted by molar-refractivity contribution is -0.114. The number of methoxy groups -OCH3 is 1. The van der Waals surface area contributed by atoms with Gasteiger partial charge in [-0.1, -0.05) is 18.2 Å². The Kier molecular flexibility index (Phi) is 6.36. The summed E-state index contributed by atoms with van der Waals surface area (Å²) in [6.45, 7) is 1.77. The fourth-order valence-corrected chi connectivity index (χ4v) is 2.65. The average molecular weight is 391 g/mol. The number of hydrogen-bond donors (Lipinski definition) is 3. The van der Waals surface area contributed by atoms with Crippen LogP contribution in [0.1, 0.15) is 23.0 Å². The van der Waals surface area contributed by atoms with Gasteiger partial charge in [-0.25, -0.2) is 9.97 Å². The van der Waals surface area contributed by atoms with Crippen LogP contribution in [0.25, 0.3) is 0 Å². The SMILES string of the molecule is COc1ccccc1CNC(=O)c1cc(Nc2ccc(NC(C)=O)cc2)ncn1. The summed E-state index contributed by atoms with van der Waals surface area (Å²) >= 11 is 0. The third-order valence-corrected chi connectivity index (χ3v) is 4.01. The number of rotatable bonds is 7. The molecule has 0 fully saturated rings. The number of para-hydroxylation sites is 1. The van der Waals surface area contributed by atoms with Crippen molar-refractivity contribution in [1.29, 1.82) is 0 Å². The van der Waals surface area contributed by atoms with Crippen molar-refractivity contribution >= 4 is 29.0 Å². The van der Waals surface area contributed by atoms with E-state index in [1.165, 1.54) is 13.3 Å². The lowest BCUT2D eigenvalue weighted by atomic mass is 10.2. The Morgan fingerprint density at radius 3 is 2.45 bits per heavy atom. The maximum absolute atomic E-state index is 12.5. The molecule has 0 spiro atoms. The predicted molar refractivity (Wildman–Crippen MR) is 110 cm³/mol. The summed E-state index contributed by atoms with van der Waals surface area (Å²) in [6.07, 6.45) is 1.33. The Balaban J connectivity index is 1.64. The average Bonchev–Trinajstić information content (AvgIpc) is 2.73. The highest BCUT2D eigenvalue weighted by Crippen LogP contribution is 2.19. The second-order valence-electron chi connectivity index (χ2n) is 6.17. The first-order valence-corrected chi connectivity index (χ1v) is 8.92. The third kappa shape index (κ3) is 5.52. The molecular formula is C21H21N5O3. The molecular weight excluding hydrogens is 370 g/mol. The Morgan fingerprint density at radius 1 is 1.00 bits per heavy atom. The molecule has 3 rings (SSSR count). The summed E-state index contributed by atoms with van der Waals surface area (Å²) < 4.78 is 5.29. The zero-order valence-electron chi connectivity index (χ0n) is 16.1. The molecule has 1 heterocycles. The van der Waals surface area contributed by atoms with Crippen molar-refractivity contribution in [3.8, 4) is 5.75 Å². The molecule has 2 aromatic carbocycles. The lowest BCUT2D eigenvalue weighted by Crippen LogP contribution is -2.24. The van der Waals surface area contributed by atoms with Crippen molar-refractivity contribution < 1.29 is 14.3 Å². The minimum absolute atomic E-state index is 0.134. The summed E-state index contributed by atoms with van der Waals surface area (Å²) in [5.41, 5.74) is 2.57. The van der Waals surface area contributed by atoms with E-state index >= 15 is 0 Å². The van der Waals surface area contributed by atoms with Crippen LogP contribution in [0.4, 0.5) is 17.2 Å². The molecule has 0 aliphatic rings. The lowest BCUT2D eigenvalue weighted by Gasteiger charge is -2.10. The zero-order valence-corrected chi connectivity index (χ0v) is 16.1. The number of carbonyl (C=O) groups excluding carboxylic acids is 2. The van der Waals surface area contributed by atoms with Gasteiger partial charge >= 0.3 is 0 Å². The Morgan fingerprint density at radius 2 is 1.72 bits per heavy atom. The van der Waals surface area contributed by atoms with Crippen LogP contribution >= 0.6 is 0 Å². The molecule has 0 saturated carbocycles. The molecule has 0 unspecified atom stereocenters. The summed E-state index contributed by atoms with van der Waals surface area (Å²) in [7, 11) is 1.59. The number of nitrogens with one attached hydrogen (secondary N) is 3. The number of anilines is 3. The van der Waals surface area contributed by atoms with Gasteiger partial charge in [0.2, 0.25) is 5.91 Å². The summed E-state index contributed by atoms with van der Waals surface area (Å²) in [5, 5.41) is 8.64. The van der Waals surface area contributed by atoms with Gasteiger partial charge in [0.15, 0.2) is 0 Å². The van der Waals surface area contributed by atoms with Crippen molar-refractivity contribution in [3.63, 3.8) is 0 Å². The molecule has 1 aromatic heterocycles. The first-order chi connectivity index (χ1) is 14.0. The van der Waals surface area contributed by atoms with Crippen molar-refractivity contribution in [2.45, 2.75) is 13.5 Å². The summed E-state index contributed by atoms with van der Waals surface area (Å²) in [4.78, 5) is 31.7. The highest BCUT2D eigenvalue weighted by Gasteiger charge is 2.10. The molecule has 148 valence electrons. The fraction of sp³-hybridized carbons (Fsp3) is 0.143. The smallest absolute Gasteiger partial charge is 0.270 e. The maximum atomic E-state index is 12.5. The summed E-state index contributed by atoms with van der Waals surface area (Å²) in [5.74, 6) is 0.739. The van der Waals surface area contributed by atoms with Crippen LogP contribution in [0.3, 0.4) is 0 Å². The molecule has 0 radical (unpaired) electrons. The van der Waals surface area contributed by atoms with Crippen LogP contribution < -0.4 is 20.7 Å². The minimum Gasteiger partial charge on any atom is -0.496 e. The van der Waals surface area contributed by atoms with Crippen molar-refractivity contribution in [2.24, 2.45) is 0 Å². The molecule has 0 saturated heterocycles. The van der Waals surface area contributed by atoms with Gasteiger partial charge in [0.1, 0.15) is 23.6 Å². The summed E-state index contributed by atoms with van der Waals surface area (Å²) in [6, 6.07) is 16.2. The minimum atomic E-state index is -0.317. The number of carbonyl (C=O) groups is 2. The van der Waals surface area contributed by atoms with Gasteiger partial charge in [-0.3, -0.25) is 9.59 Å². The number of ether oxygens (including phenoxy) is 1. The van der Waals surface area contributed by atoms with Gasteiger partial charge < -0.3 is 20.7 Å². The van der Waals surface area contributed by atoms with E-state index in [1.54, 1.807) is 37.4 Å². The maximum Gasteiger partial charge on any atom is 0.270 e. The van der Waals surface area contributed by atoms with Crippen molar-refractivity contribution in [3.05, 3.63) is 72.2 Å². The van der Waals surface area contributed by atoms with Crippen molar-refractivity contribution in [1.82, 2.24) is 15.3 Å². The highest BCUT2D eigenvalue weighted by molar-refractivity contribution is 5.93. The van der Waals surface area contributed by atoms with Crippen LogP contribution in [-0.4, -0.2) is 28.9 Å². The standard InChI is InChI=1S/C21H21N5O3/c1-14(27)25-16-7-9-17(10-8-16)26-20-11-18(23-13-24-20)21(28)22-12-15-5-3-4-6-19(15)29-2/h3-11,13H,12H2,1-2H3,(H,22,28)(H,25,27)(H,23,24,26). The first kappa shape index (κ1) is 19.8. The molecule has 3 N–H and O–H groups in total.